The van der Waals surface area contributed by atoms with Crippen molar-refractivity contribution in [3.63, 3.8) is 0 Å². The summed E-state index contributed by atoms with van der Waals surface area (Å²) in [6.07, 6.45) is 1.37. The minimum atomic E-state index is -1.39. The number of fused-ring (bicyclic) bond motifs is 1. The summed E-state index contributed by atoms with van der Waals surface area (Å²) in [7, 11) is 1.60. The van der Waals surface area contributed by atoms with Crippen molar-refractivity contribution in [2.24, 2.45) is 0 Å². The van der Waals surface area contributed by atoms with Gasteiger partial charge >= 0.3 is 5.97 Å². The van der Waals surface area contributed by atoms with Gasteiger partial charge in [-0.25, -0.2) is 4.79 Å². The van der Waals surface area contributed by atoms with Crippen LogP contribution in [0.15, 0.2) is 18.2 Å². The lowest BCUT2D eigenvalue weighted by molar-refractivity contribution is -0.166. The van der Waals surface area contributed by atoms with E-state index in [2.05, 4.69) is 0 Å². The Morgan fingerprint density at radius 2 is 2.22 bits per heavy atom. The molecule has 0 bridgehead atoms. The molecule has 0 heterocycles. The van der Waals surface area contributed by atoms with Crippen molar-refractivity contribution in [2.45, 2.75) is 31.8 Å². The van der Waals surface area contributed by atoms with Crippen LogP contribution in [0.25, 0.3) is 0 Å². The first kappa shape index (κ1) is 12.9. The third kappa shape index (κ3) is 2.34. The third-order valence-corrected chi connectivity index (χ3v) is 3.36. The van der Waals surface area contributed by atoms with Crippen molar-refractivity contribution in [2.75, 3.05) is 13.7 Å². The Kier molecular flexibility index (Phi) is 3.57. The average Bonchev–Trinajstić information content (AvgIpc) is 2.38. The van der Waals surface area contributed by atoms with Crippen LogP contribution in [-0.2, 0) is 22.4 Å². The van der Waals surface area contributed by atoms with Gasteiger partial charge in [-0.05, 0) is 43.0 Å². The number of benzene rings is 1. The number of aliphatic hydroxyl groups is 1. The van der Waals surface area contributed by atoms with Gasteiger partial charge < -0.3 is 14.6 Å². The molecule has 1 aliphatic rings. The van der Waals surface area contributed by atoms with Gasteiger partial charge in [-0.3, -0.25) is 0 Å². The molecule has 4 heteroatoms. The van der Waals surface area contributed by atoms with Crippen LogP contribution >= 0.6 is 0 Å². The maximum absolute atomic E-state index is 11.8. The van der Waals surface area contributed by atoms with Crippen molar-refractivity contribution < 1.29 is 19.4 Å². The largest absolute Gasteiger partial charge is 0.497 e. The second-order valence-electron chi connectivity index (χ2n) is 4.56. The molecule has 0 radical (unpaired) electrons. The minimum Gasteiger partial charge on any atom is -0.497 e. The standard InChI is InChI=1S/C14H18O4/c1-3-18-13(15)14(16)7-6-10-4-5-12(17-2)8-11(10)9-14/h4-5,8,16H,3,6-7,9H2,1-2H3. The Labute approximate surface area is 107 Å². The molecule has 0 spiro atoms. The number of rotatable bonds is 3. The van der Waals surface area contributed by atoms with Gasteiger partial charge in [-0.15, -0.1) is 0 Å². The molecule has 0 saturated heterocycles. The highest BCUT2D eigenvalue weighted by Gasteiger charge is 2.40. The fraction of sp³-hybridized carbons (Fsp3) is 0.500. The minimum absolute atomic E-state index is 0.284. The second-order valence-corrected chi connectivity index (χ2v) is 4.56. The van der Waals surface area contributed by atoms with Crippen molar-refractivity contribution in [1.82, 2.24) is 0 Å². The van der Waals surface area contributed by atoms with Crippen LogP contribution in [0, 0.1) is 0 Å². The van der Waals surface area contributed by atoms with Crippen LogP contribution in [0.2, 0.25) is 0 Å². The van der Waals surface area contributed by atoms with Gasteiger partial charge in [0.2, 0.25) is 0 Å². The van der Waals surface area contributed by atoms with E-state index in [1.807, 2.05) is 18.2 Å². The van der Waals surface area contributed by atoms with Gasteiger partial charge in [0, 0.05) is 6.42 Å². The smallest absolute Gasteiger partial charge is 0.338 e. The number of esters is 1. The predicted octanol–water partition coefficient (Wildman–Crippen LogP) is 1.48. The van der Waals surface area contributed by atoms with Gasteiger partial charge in [0.25, 0.3) is 0 Å². The summed E-state index contributed by atoms with van der Waals surface area (Å²) in [5.41, 5.74) is 0.718. The first-order valence-corrected chi connectivity index (χ1v) is 6.14. The van der Waals surface area contributed by atoms with E-state index in [-0.39, 0.29) is 6.61 Å². The number of methoxy groups -OCH3 is 1. The zero-order chi connectivity index (χ0) is 13.2. The van der Waals surface area contributed by atoms with E-state index in [9.17, 15) is 9.90 Å². The molecular formula is C14H18O4. The van der Waals surface area contributed by atoms with Crippen LogP contribution < -0.4 is 4.74 Å². The van der Waals surface area contributed by atoms with Crippen molar-refractivity contribution in [3.8, 4) is 5.75 Å². The molecule has 1 aliphatic carbocycles. The van der Waals surface area contributed by atoms with Crippen LogP contribution in [-0.4, -0.2) is 30.4 Å². The van der Waals surface area contributed by atoms with E-state index in [1.54, 1.807) is 14.0 Å². The lowest BCUT2D eigenvalue weighted by atomic mass is 9.80. The molecule has 0 amide bonds. The van der Waals surface area contributed by atoms with Crippen molar-refractivity contribution in [3.05, 3.63) is 29.3 Å². The number of hydrogen-bond donors (Lipinski definition) is 1. The molecule has 1 unspecified atom stereocenters. The normalized spacial score (nSPS) is 22.2. The molecule has 1 aromatic rings. The summed E-state index contributed by atoms with van der Waals surface area (Å²) in [5, 5.41) is 10.4. The van der Waals surface area contributed by atoms with E-state index in [4.69, 9.17) is 9.47 Å². The molecule has 18 heavy (non-hydrogen) atoms. The molecule has 98 valence electrons. The molecule has 0 fully saturated rings. The van der Waals surface area contributed by atoms with E-state index in [0.717, 1.165) is 16.9 Å². The monoisotopic (exact) mass is 250 g/mol. The van der Waals surface area contributed by atoms with Crippen molar-refractivity contribution >= 4 is 5.97 Å². The molecule has 0 aromatic heterocycles. The van der Waals surface area contributed by atoms with E-state index in [0.29, 0.717) is 19.3 Å². The highest BCUT2D eigenvalue weighted by Crippen LogP contribution is 2.32. The summed E-state index contributed by atoms with van der Waals surface area (Å²) in [4.78, 5) is 11.8. The lowest BCUT2D eigenvalue weighted by Gasteiger charge is -2.31. The topological polar surface area (TPSA) is 55.8 Å². The fourth-order valence-corrected chi connectivity index (χ4v) is 2.32. The second kappa shape index (κ2) is 4.98. The Morgan fingerprint density at radius 3 is 2.89 bits per heavy atom. The molecule has 1 N–H and O–H groups in total. The highest BCUT2D eigenvalue weighted by molar-refractivity contribution is 5.80. The quantitative estimate of drug-likeness (QED) is 0.825. The Balaban J connectivity index is 2.24. The van der Waals surface area contributed by atoms with E-state index in [1.165, 1.54) is 0 Å². The molecule has 1 aromatic carbocycles. The maximum Gasteiger partial charge on any atom is 0.338 e. The first-order valence-electron chi connectivity index (χ1n) is 6.14. The number of carbonyl (C=O) groups excluding carboxylic acids is 1. The van der Waals surface area contributed by atoms with Gasteiger partial charge in [-0.2, -0.15) is 0 Å². The first-order chi connectivity index (χ1) is 8.59. The summed E-state index contributed by atoms with van der Waals surface area (Å²) in [6.45, 7) is 2.02. The summed E-state index contributed by atoms with van der Waals surface area (Å²) in [5.74, 6) is 0.209. The van der Waals surface area contributed by atoms with Crippen molar-refractivity contribution in [1.29, 1.82) is 0 Å². The molecule has 0 aliphatic heterocycles. The van der Waals surface area contributed by atoms with Crippen LogP contribution in [0.1, 0.15) is 24.5 Å². The van der Waals surface area contributed by atoms with Gasteiger partial charge in [-0.1, -0.05) is 6.07 Å². The summed E-state index contributed by atoms with van der Waals surface area (Å²) < 4.78 is 10.1. The molecule has 4 nitrogen and oxygen atoms in total. The van der Waals surface area contributed by atoms with Gasteiger partial charge in [0.15, 0.2) is 5.60 Å². The van der Waals surface area contributed by atoms with Crippen LogP contribution in [0.3, 0.4) is 0 Å². The lowest BCUT2D eigenvalue weighted by Crippen LogP contribution is -2.45. The fourth-order valence-electron chi connectivity index (χ4n) is 2.32. The SMILES string of the molecule is CCOC(=O)C1(O)CCc2ccc(OC)cc2C1. The molecule has 2 rings (SSSR count). The van der Waals surface area contributed by atoms with Gasteiger partial charge in [0.05, 0.1) is 13.7 Å². The summed E-state index contributed by atoms with van der Waals surface area (Å²) in [6, 6.07) is 5.76. The van der Waals surface area contributed by atoms with Gasteiger partial charge in [0.1, 0.15) is 5.75 Å². The number of carbonyl (C=O) groups is 1. The Bertz CT molecular complexity index is 455. The zero-order valence-electron chi connectivity index (χ0n) is 10.7. The number of ether oxygens (including phenoxy) is 2. The summed E-state index contributed by atoms with van der Waals surface area (Å²) >= 11 is 0. The molecule has 0 saturated carbocycles. The van der Waals surface area contributed by atoms with E-state index < -0.39 is 11.6 Å². The Hall–Kier alpha value is -1.55. The third-order valence-electron chi connectivity index (χ3n) is 3.36. The average molecular weight is 250 g/mol. The van der Waals surface area contributed by atoms with Crippen LogP contribution in [0.5, 0.6) is 5.75 Å². The zero-order valence-corrected chi connectivity index (χ0v) is 10.7. The maximum atomic E-state index is 11.8. The highest BCUT2D eigenvalue weighted by atomic mass is 16.5. The van der Waals surface area contributed by atoms with Crippen LogP contribution in [0.4, 0.5) is 0 Å². The predicted molar refractivity (Wildman–Crippen MR) is 66.6 cm³/mol. The number of aryl methyl sites for hydroxylation is 1. The molecule has 1 atom stereocenters. The number of hydrogen-bond acceptors (Lipinski definition) is 4. The Morgan fingerprint density at radius 1 is 1.44 bits per heavy atom. The van der Waals surface area contributed by atoms with E-state index >= 15 is 0 Å². The molecular weight excluding hydrogens is 232 g/mol.